The third-order valence-electron chi connectivity index (χ3n) is 2.67. The minimum atomic E-state index is 0.165. The molecule has 7 heteroatoms. The third-order valence-corrected chi connectivity index (χ3v) is 2.67. The van der Waals surface area contributed by atoms with Gasteiger partial charge in [0.05, 0.1) is 11.6 Å². The van der Waals surface area contributed by atoms with Crippen molar-refractivity contribution in [2.45, 2.75) is 19.9 Å². The standard InChI is InChI=1S/C11H12N6O/c1-6(2)17-11-8(10(12)14-4-15-11)9(16-17)7-3-13-5-18-7/h3-6H,1-2H3,(H2,12,14,15). The highest BCUT2D eigenvalue weighted by atomic mass is 16.3. The molecule has 0 aliphatic carbocycles. The summed E-state index contributed by atoms with van der Waals surface area (Å²) in [6, 6.07) is 0.165. The van der Waals surface area contributed by atoms with Crippen molar-refractivity contribution < 1.29 is 4.42 Å². The summed E-state index contributed by atoms with van der Waals surface area (Å²) in [7, 11) is 0. The molecule has 0 atom stereocenters. The molecular formula is C11H12N6O. The summed E-state index contributed by atoms with van der Waals surface area (Å²) < 4.78 is 7.07. The number of oxazole rings is 1. The number of nitrogen functional groups attached to an aromatic ring is 1. The van der Waals surface area contributed by atoms with Crippen LogP contribution in [0.3, 0.4) is 0 Å². The van der Waals surface area contributed by atoms with Gasteiger partial charge in [-0.1, -0.05) is 0 Å². The van der Waals surface area contributed by atoms with E-state index in [0.717, 1.165) is 0 Å². The van der Waals surface area contributed by atoms with Gasteiger partial charge in [-0.05, 0) is 13.8 Å². The fourth-order valence-electron chi connectivity index (χ4n) is 1.86. The Labute approximate surface area is 103 Å². The maximum Gasteiger partial charge on any atom is 0.181 e. The van der Waals surface area contributed by atoms with Crippen molar-refractivity contribution >= 4 is 16.9 Å². The summed E-state index contributed by atoms with van der Waals surface area (Å²) >= 11 is 0. The van der Waals surface area contributed by atoms with Gasteiger partial charge < -0.3 is 10.2 Å². The van der Waals surface area contributed by atoms with Crippen molar-refractivity contribution in [1.29, 1.82) is 0 Å². The topological polar surface area (TPSA) is 95.7 Å². The zero-order chi connectivity index (χ0) is 12.7. The highest BCUT2D eigenvalue weighted by molar-refractivity contribution is 5.97. The largest absolute Gasteiger partial charge is 0.442 e. The molecule has 0 amide bonds. The van der Waals surface area contributed by atoms with Crippen LogP contribution >= 0.6 is 0 Å². The molecule has 0 aliphatic heterocycles. The minimum absolute atomic E-state index is 0.165. The van der Waals surface area contributed by atoms with Crippen molar-refractivity contribution in [3.63, 3.8) is 0 Å². The van der Waals surface area contributed by atoms with Gasteiger partial charge in [-0.3, -0.25) is 0 Å². The number of rotatable bonds is 2. The number of hydrogen-bond donors (Lipinski definition) is 1. The van der Waals surface area contributed by atoms with Crippen molar-refractivity contribution in [2.75, 3.05) is 5.73 Å². The maximum atomic E-state index is 5.91. The van der Waals surface area contributed by atoms with E-state index >= 15 is 0 Å². The van der Waals surface area contributed by atoms with Gasteiger partial charge in [-0.25, -0.2) is 19.6 Å². The molecule has 3 heterocycles. The Kier molecular flexibility index (Phi) is 2.26. The smallest absolute Gasteiger partial charge is 0.181 e. The van der Waals surface area contributed by atoms with Crippen molar-refractivity contribution in [3.05, 3.63) is 18.9 Å². The van der Waals surface area contributed by atoms with Gasteiger partial charge in [0.1, 0.15) is 17.8 Å². The first kappa shape index (κ1) is 10.7. The molecule has 0 saturated carbocycles. The Morgan fingerprint density at radius 3 is 2.83 bits per heavy atom. The van der Waals surface area contributed by atoms with Gasteiger partial charge in [0.25, 0.3) is 0 Å². The van der Waals surface area contributed by atoms with Crippen LogP contribution in [0.5, 0.6) is 0 Å². The molecule has 0 fully saturated rings. The first-order chi connectivity index (χ1) is 8.68. The lowest BCUT2D eigenvalue weighted by Gasteiger charge is -2.05. The Balaban J connectivity index is 2.39. The average molecular weight is 244 g/mol. The van der Waals surface area contributed by atoms with Crippen LogP contribution in [0.2, 0.25) is 0 Å². The van der Waals surface area contributed by atoms with Gasteiger partial charge in [0.15, 0.2) is 17.8 Å². The van der Waals surface area contributed by atoms with Crippen LogP contribution in [0.4, 0.5) is 5.82 Å². The Morgan fingerprint density at radius 1 is 1.33 bits per heavy atom. The van der Waals surface area contributed by atoms with Gasteiger partial charge in [0, 0.05) is 6.04 Å². The molecule has 0 aliphatic rings. The number of anilines is 1. The Hall–Kier alpha value is -2.44. The molecular weight excluding hydrogens is 232 g/mol. The molecule has 0 bridgehead atoms. The maximum absolute atomic E-state index is 5.91. The summed E-state index contributed by atoms with van der Waals surface area (Å²) in [6.07, 6.45) is 4.39. The second-order valence-corrected chi connectivity index (χ2v) is 4.21. The van der Waals surface area contributed by atoms with Crippen molar-refractivity contribution in [3.8, 4) is 11.5 Å². The van der Waals surface area contributed by atoms with Crippen LogP contribution in [0.15, 0.2) is 23.3 Å². The van der Waals surface area contributed by atoms with E-state index in [1.807, 2.05) is 13.8 Å². The molecule has 0 spiro atoms. The first-order valence-electron chi connectivity index (χ1n) is 5.56. The Bertz CT molecular complexity index is 685. The van der Waals surface area contributed by atoms with Crippen LogP contribution < -0.4 is 5.73 Å². The van der Waals surface area contributed by atoms with E-state index in [0.29, 0.717) is 28.3 Å². The number of nitrogens with zero attached hydrogens (tertiary/aromatic N) is 5. The molecule has 3 aromatic heterocycles. The zero-order valence-electron chi connectivity index (χ0n) is 10.0. The van der Waals surface area contributed by atoms with Gasteiger partial charge in [-0.2, -0.15) is 5.10 Å². The quantitative estimate of drug-likeness (QED) is 0.736. The molecule has 0 saturated heterocycles. The molecule has 3 aromatic rings. The van der Waals surface area contributed by atoms with Gasteiger partial charge in [-0.15, -0.1) is 0 Å². The molecule has 18 heavy (non-hydrogen) atoms. The predicted octanol–water partition coefficient (Wildman–Crippen LogP) is 1.64. The fraction of sp³-hybridized carbons (Fsp3) is 0.273. The molecule has 0 aromatic carbocycles. The normalized spacial score (nSPS) is 11.5. The number of aromatic nitrogens is 5. The van der Waals surface area contributed by atoms with Crippen LogP contribution in [-0.4, -0.2) is 24.7 Å². The van der Waals surface area contributed by atoms with E-state index in [2.05, 4.69) is 20.1 Å². The van der Waals surface area contributed by atoms with E-state index in [-0.39, 0.29) is 6.04 Å². The average Bonchev–Trinajstić information content (AvgIpc) is 2.95. The summed E-state index contributed by atoms with van der Waals surface area (Å²) in [5.41, 5.74) is 7.23. The lowest BCUT2D eigenvalue weighted by molar-refractivity contribution is 0.537. The Morgan fingerprint density at radius 2 is 2.17 bits per heavy atom. The summed E-state index contributed by atoms with van der Waals surface area (Å²) in [4.78, 5) is 12.1. The van der Waals surface area contributed by atoms with E-state index in [1.54, 1.807) is 10.9 Å². The van der Waals surface area contributed by atoms with Crippen LogP contribution in [-0.2, 0) is 0 Å². The number of nitrogens with two attached hydrogens (primary N) is 1. The summed E-state index contributed by atoms with van der Waals surface area (Å²) in [6.45, 7) is 4.05. The van der Waals surface area contributed by atoms with E-state index in [9.17, 15) is 0 Å². The van der Waals surface area contributed by atoms with Gasteiger partial charge in [0.2, 0.25) is 0 Å². The van der Waals surface area contributed by atoms with E-state index < -0.39 is 0 Å². The second-order valence-electron chi connectivity index (χ2n) is 4.21. The predicted molar refractivity (Wildman–Crippen MR) is 65.6 cm³/mol. The monoisotopic (exact) mass is 244 g/mol. The molecule has 2 N–H and O–H groups in total. The summed E-state index contributed by atoms with van der Waals surface area (Å²) in [5, 5.41) is 5.19. The molecule has 7 nitrogen and oxygen atoms in total. The molecule has 0 unspecified atom stereocenters. The first-order valence-corrected chi connectivity index (χ1v) is 5.56. The fourth-order valence-corrected chi connectivity index (χ4v) is 1.86. The molecule has 3 rings (SSSR count). The van der Waals surface area contributed by atoms with Gasteiger partial charge >= 0.3 is 0 Å². The zero-order valence-corrected chi connectivity index (χ0v) is 10.0. The molecule has 92 valence electrons. The highest BCUT2D eigenvalue weighted by Gasteiger charge is 2.19. The highest BCUT2D eigenvalue weighted by Crippen LogP contribution is 2.30. The van der Waals surface area contributed by atoms with E-state index in [4.69, 9.17) is 10.2 Å². The van der Waals surface area contributed by atoms with Crippen LogP contribution in [0, 0.1) is 0 Å². The van der Waals surface area contributed by atoms with Crippen molar-refractivity contribution in [2.24, 2.45) is 0 Å². The number of fused-ring (bicyclic) bond motifs is 1. The minimum Gasteiger partial charge on any atom is -0.442 e. The van der Waals surface area contributed by atoms with Crippen molar-refractivity contribution in [1.82, 2.24) is 24.7 Å². The summed E-state index contributed by atoms with van der Waals surface area (Å²) in [5.74, 6) is 0.944. The lowest BCUT2D eigenvalue weighted by atomic mass is 10.2. The second kappa shape index (κ2) is 3.80. The third kappa shape index (κ3) is 1.44. The van der Waals surface area contributed by atoms with Crippen LogP contribution in [0.1, 0.15) is 19.9 Å². The molecule has 0 radical (unpaired) electrons. The SMILES string of the molecule is CC(C)n1nc(-c2cnco2)c2c(N)ncnc21. The number of hydrogen-bond acceptors (Lipinski definition) is 6. The lowest BCUT2D eigenvalue weighted by Crippen LogP contribution is -2.04. The van der Waals surface area contributed by atoms with E-state index in [1.165, 1.54) is 12.7 Å². The van der Waals surface area contributed by atoms with Crippen LogP contribution in [0.25, 0.3) is 22.5 Å².